The van der Waals surface area contributed by atoms with Crippen LogP contribution in [0.15, 0.2) is 24.3 Å². The second-order valence-corrected chi connectivity index (χ2v) is 5.91. The molecule has 0 spiro atoms. The molecule has 0 radical (unpaired) electrons. The quantitative estimate of drug-likeness (QED) is 0.771. The zero-order valence-corrected chi connectivity index (χ0v) is 13.2. The molecule has 0 aromatic heterocycles. The lowest BCUT2D eigenvalue weighted by Gasteiger charge is -2.18. The van der Waals surface area contributed by atoms with Crippen molar-refractivity contribution in [1.82, 2.24) is 10.2 Å². The van der Waals surface area contributed by atoms with Crippen LogP contribution < -0.4 is 5.32 Å². The first-order valence-electron chi connectivity index (χ1n) is 7.53. The van der Waals surface area contributed by atoms with Gasteiger partial charge in [-0.3, -0.25) is 0 Å². The Hall–Kier alpha value is -0.860. The number of nitrogens with zero attached hydrogens (tertiary/aromatic N) is 1. The fourth-order valence-electron chi connectivity index (χ4n) is 2.16. The molecule has 0 heterocycles. The highest BCUT2D eigenvalue weighted by Gasteiger charge is 2.05. The predicted molar refractivity (Wildman–Crippen MR) is 84.6 cm³/mol. The molecule has 1 atom stereocenters. The van der Waals surface area contributed by atoms with E-state index in [2.05, 4.69) is 69.2 Å². The van der Waals surface area contributed by atoms with Crippen molar-refractivity contribution in [2.45, 2.75) is 40.2 Å². The van der Waals surface area contributed by atoms with Gasteiger partial charge in [0.25, 0.3) is 0 Å². The third-order valence-electron chi connectivity index (χ3n) is 3.61. The molecule has 0 saturated heterocycles. The van der Waals surface area contributed by atoms with Gasteiger partial charge in [-0.25, -0.2) is 0 Å². The van der Waals surface area contributed by atoms with Gasteiger partial charge in [-0.2, -0.15) is 0 Å². The van der Waals surface area contributed by atoms with Crippen LogP contribution in [0, 0.1) is 5.92 Å². The van der Waals surface area contributed by atoms with Gasteiger partial charge in [0.15, 0.2) is 0 Å². The highest BCUT2D eigenvalue weighted by atomic mass is 15.1. The van der Waals surface area contributed by atoms with Gasteiger partial charge >= 0.3 is 0 Å². The summed E-state index contributed by atoms with van der Waals surface area (Å²) in [5, 5.41) is 3.58. The molecule has 1 unspecified atom stereocenters. The number of rotatable bonds is 8. The van der Waals surface area contributed by atoms with Crippen LogP contribution in [-0.4, -0.2) is 31.6 Å². The van der Waals surface area contributed by atoms with E-state index in [1.165, 1.54) is 17.5 Å². The van der Waals surface area contributed by atoms with E-state index < -0.39 is 0 Å². The molecule has 0 aliphatic carbocycles. The van der Waals surface area contributed by atoms with Gasteiger partial charge in [0.05, 0.1) is 0 Å². The summed E-state index contributed by atoms with van der Waals surface area (Å²) in [5.41, 5.74) is 2.82. The van der Waals surface area contributed by atoms with Crippen molar-refractivity contribution in [3.8, 4) is 0 Å². The van der Waals surface area contributed by atoms with E-state index in [0.29, 0.717) is 6.04 Å². The Morgan fingerprint density at radius 1 is 1.11 bits per heavy atom. The van der Waals surface area contributed by atoms with E-state index in [9.17, 15) is 0 Å². The lowest BCUT2D eigenvalue weighted by molar-refractivity contribution is 0.342. The van der Waals surface area contributed by atoms with Crippen LogP contribution in [0.3, 0.4) is 0 Å². The van der Waals surface area contributed by atoms with E-state index in [1.54, 1.807) is 0 Å². The van der Waals surface area contributed by atoms with Gasteiger partial charge in [-0.1, -0.05) is 45.0 Å². The number of nitrogens with one attached hydrogen (secondary N) is 1. The molecule has 1 aromatic carbocycles. The molecular formula is C17H30N2. The Labute approximate surface area is 119 Å². The van der Waals surface area contributed by atoms with E-state index in [-0.39, 0.29) is 0 Å². The van der Waals surface area contributed by atoms with E-state index in [0.717, 1.165) is 25.6 Å². The Bertz CT molecular complexity index is 343. The molecule has 1 rings (SSSR count). The monoisotopic (exact) mass is 262 g/mol. The van der Waals surface area contributed by atoms with Gasteiger partial charge in [0.2, 0.25) is 0 Å². The number of hydrogen-bond donors (Lipinski definition) is 1. The molecule has 2 nitrogen and oxygen atoms in total. The average molecular weight is 262 g/mol. The highest BCUT2D eigenvalue weighted by Crippen LogP contribution is 2.15. The summed E-state index contributed by atoms with van der Waals surface area (Å²) >= 11 is 0. The van der Waals surface area contributed by atoms with Crippen LogP contribution in [0.5, 0.6) is 0 Å². The van der Waals surface area contributed by atoms with Crippen LogP contribution in [0.25, 0.3) is 0 Å². The van der Waals surface area contributed by atoms with Crippen molar-refractivity contribution in [3.05, 3.63) is 35.4 Å². The largest absolute Gasteiger partial charge is 0.309 e. The fourth-order valence-corrected chi connectivity index (χ4v) is 2.16. The molecule has 108 valence electrons. The zero-order chi connectivity index (χ0) is 14.3. The second-order valence-electron chi connectivity index (χ2n) is 5.91. The summed E-state index contributed by atoms with van der Waals surface area (Å²) in [6, 6.07) is 9.49. The van der Waals surface area contributed by atoms with E-state index in [1.807, 2.05) is 0 Å². The smallest absolute Gasteiger partial charge is 0.0292 e. The molecular weight excluding hydrogens is 232 g/mol. The molecule has 0 amide bonds. The van der Waals surface area contributed by atoms with Crippen LogP contribution >= 0.6 is 0 Å². The van der Waals surface area contributed by atoms with Crippen molar-refractivity contribution in [2.24, 2.45) is 5.92 Å². The summed E-state index contributed by atoms with van der Waals surface area (Å²) < 4.78 is 0. The lowest BCUT2D eigenvalue weighted by Crippen LogP contribution is -2.30. The molecule has 0 aliphatic rings. The minimum Gasteiger partial charge on any atom is -0.309 e. The van der Waals surface area contributed by atoms with Gasteiger partial charge in [0.1, 0.15) is 0 Å². The molecule has 1 aromatic rings. The Morgan fingerprint density at radius 2 is 1.74 bits per heavy atom. The summed E-state index contributed by atoms with van der Waals surface area (Å²) in [6.45, 7) is 12.2. The predicted octanol–water partition coefficient (Wildman–Crippen LogP) is 3.49. The number of hydrogen-bond acceptors (Lipinski definition) is 2. The first-order valence-corrected chi connectivity index (χ1v) is 7.53. The third-order valence-corrected chi connectivity index (χ3v) is 3.61. The van der Waals surface area contributed by atoms with Crippen molar-refractivity contribution in [3.63, 3.8) is 0 Å². The van der Waals surface area contributed by atoms with Gasteiger partial charge < -0.3 is 10.2 Å². The average Bonchev–Trinajstić information content (AvgIpc) is 2.38. The maximum atomic E-state index is 3.58. The highest BCUT2D eigenvalue weighted by molar-refractivity contribution is 5.25. The molecule has 19 heavy (non-hydrogen) atoms. The zero-order valence-electron chi connectivity index (χ0n) is 13.2. The SMILES string of the molecule is CCN(C)CCNC(C)c1ccc(CC(C)C)cc1. The fraction of sp³-hybridized carbons (Fsp3) is 0.647. The molecule has 0 aliphatic heterocycles. The van der Waals surface area contributed by atoms with Gasteiger partial charge in [0, 0.05) is 19.1 Å². The number of benzene rings is 1. The maximum Gasteiger partial charge on any atom is 0.0292 e. The minimum absolute atomic E-state index is 0.429. The Balaban J connectivity index is 2.42. The van der Waals surface area contributed by atoms with Crippen molar-refractivity contribution < 1.29 is 0 Å². The lowest BCUT2D eigenvalue weighted by atomic mass is 10.00. The van der Waals surface area contributed by atoms with Crippen LogP contribution in [0.4, 0.5) is 0 Å². The summed E-state index contributed by atoms with van der Waals surface area (Å²) in [7, 11) is 2.16. The van der Waals surface area contributed by atoms with Crippen molar-refractivity contribution >= 4 is 0 Å². The maximum absolute atomic E-state index is 3.58. The molecule has 0 saturated carbocycles. The molecule has 0 fully saturated rings. The summed E-state index contributed by atoms with van der Waals surface area (Å²) in [5.74, 6) is 0.728. The number of likely N-dealkylation sites (N-methyl/N-ethyl adjacent to an activating group) is 1. The first kappa shape index (κ1) is 16.2. The topological polar surface area (TPSA) is 15.3 Å². The standard InChI is InChI=1S/C17H30N2/c1-6-19(5)12-11-18-15(4)17-9-7-16(8-10-17)13-14(2)3/h7-10,14-15,18H,6,11-13H2,1-5H3. The third kappa shape index (κ3) is 6.22. The Morgan fingerprint density at radius 3 is 2.26 bits per heavy atom. The minimum atomic E-state index is 0.429. The van der Waals surface area contributed by atoms with E-state index >= 15 is 0 Å². The normalized spacial score (nSPS) is 13.2. The van der Waals surface area contributed by atoms with Gasteiger partial charge in [-0.05, 0) is 44.0 Å². The van der Waals surface area contributed by atoms with Crippen LogP contribution in [0.1, 0.15) is 44.9 Å². The van der Waals surface area contributed by atoms with Crippen LogP contribution in [-0.2, 0) is 6.42 Å². The molecule has 1 N–H and O–H groups in total. The van der Waals surface area contributed by atoms with Crippen LogP contribution in [0.2, 0.25) is 0 Å². The van der Waals surface area contributed by atoms with Crippen molar-refractivity contribution in [2.75, 3.05) is 26.7 Å². The molecule has 2 heteroatoms. The van der Waals surface area contributed by atoms with Gasteiger partial charge in [-0.15, -0.1) is 0 Å². The van der Waals surface area contributed by atoms with E-state index in [4.69, 9.17) is 0 Å². The summed E-state index contributed by atoms with van der Waals surface area (Å²) in [4.78, 5) is 2.32. The van der Waals surface area contributed by atoms with Crippen molar-refractivity contribution in [1.29, 1.82) is 0 Å². The Kier molecular flexibility index (Phi) is 7.11. The first-order chi connectivity index (χ1) is 9.02. The second kappa shape index (κ2) is 8.34. The molecule has 0 bridgehead atoms. The summed E-state index contributed by atoms with van der Waals surface area (Å²) in [6.07, 6.45) is 1.17.